The van der Waals surface area contributed by atoms with Crippen LogP contribution in [0.25, 0.3) is 10.8 Å². The van der Waals surface area contributed by atoms with Crippen LogP contribution in [-0.2, 0) is 6.42 Å². The number of benzene rings is 2. The Morgan fingerprint density at radius 1 is 1.12 bits per heavy atom. The number of likely N-dealkylation sites (tertiary alicyclic amines) is 1. The van der Waals surface area contributed by atoms with Gasteiger partial charge in [-0.2, -0.15) is 5.10 Å². The van der Waals surface area contributed by atoms with Crippen LogP contribution >= 0.6 is 0 Å². The molecule has 0 saturated carbocycles. The fourth-order valence-corrected chi connectivity index (χ4v) is 4.13. The van der Waals surface area contributed by atoms with Gasteiger partial charge in [0, 0.05) is 43.3 Å². The molecule has 1 saturated heterocycles. The molecule has 2 N–H and O–H groups in total. The van der Waals surface area contributed by atoms with Crippen molar-refractivity contribution in [1.29, 1.82) is 0 Å². The molecule has 8 nitrogen and oxygen atoms in total. The summed E-state index contributed by atoms with van der Waals surface area (Å²) >= 11 is 0. The van der Waals surface area contributed by atoms with Crippen molar-refractivity contribution in [3.63, 3.8) is 0 Å². The number of halogens is 1. The summed E-state index contributed by atoms with van der Waals surface area (Å²) < 4.78 is 14.6. The normalized spacial score (nSPS) is 15.7. The second-order valence-electron chi connectivity index (χ2n) is 7.99. The van der Waals surface area contributed by atoms with Gasteiger partial charge in [-0.15, -0.1) is 0 Å². The van der Waals surface area contributed by atoms with Gasteiger partial charge in [0.2, 0.25) is 5.95 Å². The zero-order valence-corrected chi connectivity index (χ0v) is 17.7. The molecule has 0 bridgehead atoms. The Bertz CT molecular complexity index is 1370. The summed E-state index contributed by atoms with van der Waals surface area (Å²) in [6.07, 6.45) is 4.37. The number of H-pyrrole nitrogens is 1. The van der Waals surface area contributed by atoms with Gasteiger partial charge in [0.05, 0.1) is 16.6 Å². The van der Waals surface area contributed by atoms with Gasteiger partial charge in [0.25, 0.3) is 11.5 Å². The predicted molar refractivity (Wildman–Crippen MR) is 122 cm³/mol. The summed E-state index contributed by atoms with van der Waals surface area (Å²) in [6.45, 7) is 0.950. The van der Waals surface area contributed by atoms with Crippen molar-refractivity contribution < 1.29 is 9.18 Å². The molecule has 0 radical (unpaired) electrons. The van der Waals surface area contributed by atoms with E-state index in [1.165, 1.54) is 6.07 Å². The highest BCUT2D eigenvalue weighted by atomic mass is 19.1. The van der Waals surface area contributed by atoms with Gasteiger partial charge in [0.15, 0.2) is 0 Å². The number of hydrogen-bond acceptors (Lipinski definition) is 6. The van der Waals surface area contributed by atoms with Crippen molar-refractivity contribution in [1.82, 2.24) is 25.1 Å². The summed E-state index contributed by atoms with van der Waals surface area (Å²) in [5.74, 6) is -0.414. The number of hydrogen-bond donors (Lipinski definition) is 2. The highest BCUT2D eigenvalue weighted by Gasteiger charge is 2.29. The zero-order valence-electron chi connectivity index (χ0n) is 17.7. The van der Waals surface area contributed by atoms with Gasteiger partial charge in [-0.05, 0) is 36.2 Å². The zero-order chi connectivity index (χ0) is 22.8. The molecule has 0 spiro atoms. The Hall–Kier alpha value is -4.14. The van der Waals surface area contributed by atoms with E-state index in [1.807, 2.05) is 12.1 Å². The number of nitrogens with one attached hydrogen (secondary N) is 2. The molecule has 4 aromatic rings. The summed E-state index contributed by atoms with van der Waals surface area (Å²) in [4.78, 5) is 35.1. The molecule has 2 aromatic heterocycles. The van der Waals surface area contributed by atoms with E-state index in [0.717, 1.165) is 17.4 Å². The molecule has 2 aromatic carbocycles. The quantitative estimate of drug-likeness (QED) is 0.491. The van der Waals surface area contributed by atoms with Crippen LogP contribution < -0.4 is 10.9 Å². The maximum Gasteiger partial charge on any atom is 0.272 e. The number of fused-ring (bicyclic) bond motifs is 1. The highest BCUT2D eigenvalue weighted by molar-refractivity contribution is 5.95. The Morgan fingerprint density at radius 2 is 1.91 bits per heavy atom. The van der Waals surface area contributed by atoms with Gasteiger partial charge in [-0.1, -0.05) is 24.3 Å². The van der Waals surface area contributed by atoms with Crippen LogP contribution in [0.15, 0.2) is 65.7 Å². The highest BCUT2D eigenvalue weighted by Crippen LogP contribution is 2.21. The molecule has 0 unspecified atom stereocenters. The van der Waals surface area contributed by atoms with E-state index in [2.05, 4.69) is 25.5 Å². The molecular formula is C24H21FN6O2. The number of nitrogens with zero attached hydrogens (tertiary/aromatic N) is 4. The predicted octanol–water partition coefficient (Wildman–Crippen LogP) is 2.77. The van der Waals surface area contributed by atoms with Crippen molar-refractivity contribution in [3.8, 4) is 0 Å². The van der Waals surface area contributed by atoms with E-state index in [0.29, 0.717) is 36.5 Å². The Balaban J connectivity index is 1.35. The van der Waals surface area contributed by atoms with Crippen molar-refractivity contribution in [2.75, 3.05) is 18.4 Å². The maximum absolute atomic E-state index is 14.6. The molecule has 1 atom stereocenters. The molecule has 166 valence electrons. The lowest BCUT2D eigenvalue weighted by molar-refractivity contribution is 0.0787. The second-order valence-corrected chi connectivity index (χ2v) is 7.99. The number of amides is 1. The lowest BCUT2D eigenvalue weighted by Gasteiger charge is -2.18. The average Bonchev–Trinajstić information content (AvgIpc) is 3.31. The van der Waals surface area contributed by atoms with Crippen molar-refractivity contribution in [2.24, 2.45) is 0 Å². The van der Waals surface area contributed by atoms with E-state index in [1.54, 1.807) is 47.6 Å². The summed E-state index contributed by atoms with van der Waals surface area (Å²) in [5, 5.41) is 11.2. The van der Waals surface area contributed by atoms with Gasteiger partial charge in [0.1, 0.15) is 5.82 Å². The number of carbonyl (C=O) groups is 1. The number of carbonyl (C=O) groups excluding carboxylic acids is 1. The fraction of sp³-hybridized carbons (Fsp3) is 0.208. The van der Waals surface area contributed by atoms with Gasteiger partial charge < -0.3 is 10.2 Å². The lowest BCUT2D eigenvalue weighted by atomic mass is 10.0. The van der Waals surface area contributed by atoms with Crippen LogP contribution in [-0.4, -0.2) is 50.1 Å². The first-order chi connectivity index (χ1) is 16.1. The molecular weight excluding hydrogens is 423 g/mol. The van der Waals surface area contributed by atoms with E-state index < -0.39 is 5.82 Å². The Morgan fingerprint density at radius 3 is 2.73 bits per heavy atom. The fourth-order valence-electron chi connectivity index (χ4n) is 4.13. The third kappa shape index (κ3) is 4.30. The minimum Gasteiger partial charge on any atom is -0.350 e. The number of anilines is 1. The average molecular weight is 444 g/mol. The molecule has 1 amide bonds. The van der Waals surface area contributed by atoms with E-state index in [4.69, 9.17) is 0 Å². The first-order valence-corrected chi connectivity index (χ1v) is 10.7. The summed E-state index contributed by atoms with van der Waals surface area (Å²) in [6, 6.07) is 13.4. The molecule has 33 heavy (non-hydrogen) atoms. The Kier molecular flexibility index (Phi) is 5.52. The maximum atomic E-state index is 14.6. The topological polar surface area (TPSA) is 104 Å². The molecule has 1 fully saturated rings. The SMILES string of the molecule is O=C(c1cc(Cc2n[nH]c(=O)c3ccccc23)ccc1F)N1CC[C@H](Nc2ncccn2)C1. The first kappa shape index (κ1) is 20.7. The van der Waals surface area contributed by atoms with Gasteiger partial charge in [-0.25, -0.2) is 19.5 Å². The van der Waals surface area contributed by atoms with Crippen LogP contribution in [0, 0.1) is 5.82 Å². The third-order valence-electron chi connectivity index (χ3n) is 5.78. The molecule has 0 aliphatic carbocycles. The molecule has 1 aliphatic heterocycles. The summed E-state index contributed by atoms with van der Waals surface area (Å²) in [7, 11) is 0. The van der Waals surface area contributed by atoms with Crippen molar-refractivity contribution in [2.45, 2.75) is 18.9 Å². The van der Waals surface area contributed by atoms with E-state index in [-0.39, 0.29) is 23.1 Å². The van der Waals surface area contributed by atoms with Crippen LogP contribution in [0.2, 0.25) is 0 Å². The monoisotopic (exact) mass is 444 g/mol. The Labute approximate surface area is 188 Å². The van der Waals surface area contributed by atoms with Crippen LogP contribution in [0.3, 0.4) is 0 Å². The molecule has 1 aliphatic rings. The second kappa shape index (κ2) is 8.78. The molecule has 3 heterocycles. The third-order valence-corrected chi connectivity index (χ3v) is 5.78. The van der Waals surface area contributed by atoms with Gasteiger partial charge >= 0.3 is 0 Å². The minimum atomic E-state index is -0.564. The van der Waals surface area contributed by atoms with E-state index >= 15 is 0 Å². The van der Waals surface area contributed by atoms with Crippen LogP contribution in [0.5, 0.6) is 0 Å². The number of aromatic amines is 1. The smallest absolute Gasteiger partial charge is 0.272 e. The van der Waals surface area contributed by atoms with Crippen LogP contribution in [0.4, 0.5) is 10.3 Å². The number of rotatable bonds is 5. The van der Waals surface area contributed by atoms with Crippen LogP contribution in [0.1, 0.15) is 28.0 Å². The number of aromatic nitrogens is 4. The van der Waals surface area contributed by atoms with E-state index in [9.17, 15) is 14.0 Å². The molecule has 5 rings (SSSR count). The van der Waals surface area contributed by atoms with Gasteiger partial charge in [-0.3, -0.25) is 9.59 Å². The largest absolute Gasteiger partial charge is 0.350 e. The first-order valence-electron chi connectivity index (χ1n) is 10.7. The lowest BCUT2D eigenvalue weighted by Crippen LogP contribution is -2.32. The standard InChI is InChI=1S/C24H21FN6O2/c25-20-7-6-15(13-21-17-4-1-2-5-18(17)22(32)30-29-21)12-19(20)23(33)31-11-8-16(14-31)28-24-26-9-3-10-27-24/h1-7,9-10,12,16H,8,11,13-14H2,(H,30,32)(H,26,27,28)/t16-/m0/s1. The summed E-state index contributed by atoms with van der Waals surface area (Å²) in [5.41, 5.74) is 1.15. The molecule has 9 heteroatoms. The minimum absolute atomic E-state index is 0.000647. The van der Waals surface area contributed by atoms with Crippen molar-refractivity contribution in [3.05, 3.63) is 93.9 Å². The van der Waals surface area contributed by atoms with Crippen molar-refractivity contribution >= 4 is 22.6 Å².